The van der Waals surface area contributed by atoms with Crippen LogP contribution in [0.15, 0.2) is 103 Å². The number of pyridine rings is 1. The molecule has 6 aromatic rings. The summed E-state index contributed by atoms with van der Waals surface area (Å²) in [6.45, 7) is 2.87. The zero-order valence-corrected chi connectivity index (χ0v) is 29.2. The first-order valence-electron chi connectivity index (χ1n) is 17.7. The number of nitrogens with one attached hydrogen (secondary N) is 1. The Bertz CT molecular complexity index is 1930. The highest BCUT2D eigenvalue weighted by molar-refractivity contribution is 5.84. The van der Waals surface area contributed by atoms with Crippen LogP contribution in [0.5, 0.6) is 5.88 Å². The average Bonchev–Trinajstić information content (AvgIpc) is 3.56. The molecule has 0 fully saturated rings. The minimum Gasteiger partial charge on any atom is -0.482 e. The lowest BCUT2D eigenvalue weighted by molar-refractivity contribution is -0.137. The standard InChI is InChI=1S/C33H37F3N2.C10H11NO/c34-33(35,36)30-20-19-29-23-28(14-8-5-3-1-2-4-6-11-21-37)31(38-32(29)24-30)22-25-15-17-27(18-16-25)26-12-9-7-10-13-26;1-7-4-3-5-9-8(7)6-10(11-9)12-2/h7,9-10,12-13,15-20,23-24H,1-6,8,11,14,21-22,37H2;3-6,11H,1-2H3. The molecule has 0 aliphatic rings. The zero-order valence-electron chi connectivity index (χ0n) is 29.2. The molecule has 4 nitrogen and oxygen atoms in total. The lowest BCUT2D eigenvalue weighted by Crippen LogP contribution is -2.06. The van der Waals surface area contributed by atoms with E-state index in [1.165, 1.54) is 49.1 Å². The molecule has 0 bridgehead atoms. The van der Waals surface area contributed by atoms with Crippen molar-refractivity contribution in [3.63, 3.8) is 0 Å². The summed E-state index contributed by atoms with van der Waals surface area (Å²) in [5.74, 6) is 0.819. The zero-order chi connectivity index (χ0) is 35.3. The summed E-state index contributed by atoms with van der Waals surface area (Å²) >= 11 is 0. The number of nitrogens with zero attached hydrogens (tertiary/aromatic N) is 1. The normalized spacial score (nSPS) is 11.5. The van der Waals surface area contributed by atoms with Gasteiger partial charge in [-0.15, -0.1) is 0 Å². The molecule has 50 heavy (non-hydrogen) atoms. The molecule has 2 heterocycles. The van der Waals surface area contributed by atoms with Crippen molar-refractivity contribution in [2.75, 3.05) is 13.7 Å². The monoisotopic (exact) mass is 679 g/mol. The molecular weight excluding hydrogens is 631 g/mol. The smallest absolute Gasteiger partial charge is 0.416 e. The van der Waals surface area contributed by atoms with Crippen LogP contribution in [0, 0.1) is 6.92 Å². The fourth-order valence-corrected chi connectivity index (χ4v) is 6.35. The number of aromatic nitrogens is 2. The number of rotatable bonds is 14. The van der Waals surface area contributed by atoms with Crippen molar-refractivity contribution >= 4 is 21.8 Å². The Hall–Kier alpha value is -4.62. The number of halogens is 3. The first-order chi connectivity index (χ1) is 24.2. The molecule has 262 valence electrons. The van der Waals surface area contributed by atoms with Gasteiger partial charge in [0.15, 0.2) is 5.88 Å². The van der Waals surface area contributed by atoms with Crippen molar-refractivity contribution in [1.29, 1.82) is 0 Å². The van der Waals surface area contributed by atoms with Gasteiger partial charge in [0, 0.05) is 34.5 Å². The van der Waals surface area contributed by atoms with E-state index in [1.54, 1.807) is 13.2 Å². The molecule has 0 aliphatic carbocycles. The molecule has 6 rings (SSSR count). The molecule has 4 aromatic carbocycles. The van der Waals surface area contributed by atoms with Gasteiger partial charge in [-0.3, -0.25) is 4.98 Å². The fourth-order valence-electron chi connectivity index (χ4n) is 6.35. The van der Waals surface area contributed by atoms with Crippen LogP contribution in [0.1, 0.15) is 79.3 Å². The number of unbranched alkanes of at least 4 members (excludes halogenated alkanes) is 7. The number of fused-ring (bicyclic) bond motifs is 2. The van der Waals surface area contributed by atoms with Crippen molar-refractivity contribution in [2.24, 2.45) is 5.73 Å². The van der Waals surface area contributed by atoms with E-state index in [1.807, 2.05) is 42.5 Å². The topological polar surface area (TPSA) is 63.9 Å². The SMILES string of the molecule is COc1cc2c(C)cccc2[nH]1.NCCCCCCCCCCc1cc2ccc(C(F)(F)F)cc2nc1Cc1ccc(-c2ccccc2)cc1. The number of H-pyrrole nitrogens is 1. The maximum atomic E-state index is 13.3. The Labute approximate surface area is 293 Å². The predicted octanol–water partition coefficient (Wildman–Crippen LogP) is 11.6. The summed E-state index contributed by atoms with van der Waals surface area (Å²) in [6.07, 6.45) is 6.56. The van der Waals surface area contributed by atoms with Crippen LogP contribution in [-0.2, 0) is 19.0 Å². The second-order valence-corrected chi connectivity index (χ2v) is 13.0. The minimum absolute atomic E-state index is 0.400. The van der Waals surface area contributed by atoms with E-state index in [-0.39, 0.29) is 0 Å². The molecule has 7 heteroatoms. The van der Waals surface area contributed by atoms with E-state index < -0.39 is 11.7 Å². The van der Waals surface area contributed by atoms with Gasteiger partial charge < -0.3 is 15.5 Å². The van der Waals surface area contributed by atoms with Gasteiger partial charge >= 0.3 is 6.18 Å². The first kappa shape index (κ1) is 36.7. The second kappa shape index (κ2) is 17.9. The largest absolute Gasteiger partial charge is 0.482 e. The fraction of sp³-hybridized carbons (Fsp3) is 0.326. The molecule has 3 N–H and O–H groups in total. The number of nitrogens with two attached hydrogens (primary N) is 1. The Morgan fingerprint density at radius 2 is 1.40 bits per heavy atom. The van der Waals surface area contributed by atoms with Crippen LogP contribution in [0.2, 0.25) is 0 Å². The van der Waals surface area contributed by atoms with E-state index in [0.717, 1.165) is 83.0 Å². The van der Waals surface area contributed by atoms with Crippen LogP contribution < -0.4 is 10.5 Å². The maximum absolute atomic E-state index is 13.3. The molecule has 0 radical (unpaired) electrons. The molecule has 0 aliphatic heterocycles. The summed E-state index contributed by atoms with van der Waals surface area (Å²) in [4.78, 5) is 7.94. The molecule has 0 saturated carbocycles. The van der Waals surface area contributed by atoms with E-state index in [4.69, 9.17) is 15.5 Å². The third-order valence-electron chi connectivity index (χ3n) is 9.22. The van der Waals surface area contributed by atoms with E-state index >= 15 is 0 Å². The summed E-state index contributed by atoms with van der Waals surface area (Å²) in [5.41, 5.74) is 13.1. The van der Waals surface area contributed by atoms with Crippen LogP contribution >= 0.6 is 0 Å². The van der Waals surface area contributed by atoms with E-state index in [2.05, 4.69) is 54.4 Å². The van der Waals surface area contributed by atoms with Gasteiger partial charge in [-0.1, -0.05) is 111 Å². The third-order valence-corrected chi connectivity index (χ3v) is 9.22. The summed E-state index contributed by atoms with van der Waals surface area (Å²) in [6, 6.07) is 32.7. The average molecular weight is 680 g/mol. The third kappa shape index (κ3) is 10.2. The highest BCUT2D eigenvalue weighted by Crippen LogP contribution is 2.32. The second-order valence-electron chi connectivity index (χ2n) is 13.0. The molecule has 0 amide bonds. The van der Waals surface area contributed by atoms with Gasteiger partial charge in [0.1, 0.15) is 0 Å². The molecule has 0 spiro atoms. The van der Waals surface area contributed by atoms with E-state index in [0.29, 0.717) is 11.9 Å². The van der Waals surface area contributed by atoms with Crippen molar-refractivity contribution in [3.05, 3.63) is 131 Å². The lowest BCUT2D eigenvalue weighted by atomic mass is 9.96. The molecule has 0 atom stereocenters. The molecule has 2 aromatic heterocycles. The number of hydrogen-bond acceptors (Lipinski definition) is 3. The number of methoxy groups -OCH3 is 1. The Kier molecular flexibility index (Phi) is 13.1. The highest BCUT2D eigenvalue weighted by atomic mass is 19.4. The van der Waals surface area contributed by atoms with Gasteiger partial charge in [0.25, 0.3) is 0 Å². The van der Waals surface area contributed by atoms with Gasteiger partial charge in [0.2, 0.25) is 0 Å². The van der Waals surface area contributed by atoms with Gasteiger partial charge in [-0.2, -0.15) is 13.2 Å². The van der Waals surface area contributed by atoms with Crippen LogP contribution in [-0.4, -0.2) is 23.6 Å². The van der Waals surface area contributed by atoms with Gasteiger partial charge in [-0.05, 0) is 84.8 Å². The van der Waals surface area contributed by atoms with Crippen LogP contribution in [0.3, 0.4) is 0 Å². The summed E-state index contributed by atoms with van der Waals surface area (Å²) < 4.78 is 45.1. The number of ether oxygens (including phenoxy) is 1. The number of aryl methyl sites for hydroxylation is 2. The van der Waals surface area contributed by atoms with Gasteiger partial charge in [0.05, 0.1) is 18.2 Å². The van der Waals surface area contributed by atoms with Gasteiger partial charge in [-0.25, -0.2) is 0 Å². The number of hydrogen-bond donors (Lipinski definition) is 2. The maximum Gasteiger partial charge on any atom is 0.416 e. The lowest BCUT2D eigenvalue weighted by Gasteiger charge is -2.13. The van der Waals surface area contributed by atoms with Crippen molar-refractivity contribution in [3.8, 4) is 17.0 Å². The van der Waals surface area contributed by atoms with Crippen LogP contribution in [0.4, 0.5) is 13.2 Å². The first-order valence-corrected chi connectivity index (χ1v) is 17.7. The van der Waals surface area contributed by atoms with Crippen molar-refractivity contribution in [2.45, 2.75) is 77.3 Å². The Balaban J connectivity index is 0.000000338. The van der Waals surface area contributed by atoms with Crippen molar-refractivity contribution < 1.29 is 17.9 Å². The van der Waals surface area contributed by atoms with E-state index in [9.17, 15) is 13.2 Å². The number of alkyl halides is 3. The number of aromatic amines is 1. The minimum atomic E-state index is -4.38. The Morgan fingerprint density at radius 3 is 2.06 bits per heavy atom. The molecule has 0 unspecified atom stereocenters. The number of benzene rings is 4. The van der Waals surface area contributed by atoms with Crippen molar-refractivity contribution in [1.82, 2.24) is 9.97 Å². The summed E-state index contributed by atoms with van der Waals surface area (Å²) in [5, 5.41) is 1.99. The Morgan fingerprint density at radius 1 is 0.720 bits per heavy atom. The molecular formula is C43H48F3N3O. The highest BCUT2D eigenvalue weighted by Gasteiger charge is 2.30. The predicted molar refractivity (Wildman–Crippen MR) is 201 cm³/mol. The quantitative estimate of drug-likeness (QED) is 0.113. The summed E-state index contributed by atoms with van der Waals surface area (Å²) in [7, 11) is 1.67. The van der Waals surface area contributed by atoms with Crippen LogP contribution in [0.25, 0.3) is 32.9 Å². The molecule has 0 saturated heterocycles.